The van der Waals surface area contributed by atoms with Gasteiger partial charge in [0.25, 0.3) is 0 Å². The van der Waals surface area contributed by atoms with Crippen molar-refractivity contribution in [2.45, 2.75) is 45.7 Å². The highest BCUT2D eigenvalue weighted by Gasteiger charge is 2.34. The lowest BCUT2D eigenvalue weighted by molar-refractivity contribution is -0.139. The van der Waals surface area contributed by atoms with E-state index >= 15 is 0 Å². The fraction of sp³-hybridized carbons (Fsp3) is 0.440. The monoisotopic (exact) mass is 506 g/mol. The van der Waals surface area contributed by atoms with Gasteiger partial charge in [-0.2, -0.15) is 12.7 Å². The van der Waals surface area contributed by atoms with Crippen LogP contribution in [0.25, 0.3) is 0 Å². The Kier molecular flexibility index (Phi) is 10.2. The van der Waals surface area contributed by atoms with Crippen LogP contribution in [-0.4, -0.2) is 68.7 Å². The van der Waals surface area contributed by atoms with Crippen LogP contribution in [0.1, 0.15) is 32.8 Å². The first-order valence-corrected chi connectivity index (χ1v) is 13.0. The van der Waals surface area contributed by atoms with Crippen molar-refractivity contribution >= 4 is 27.7 Å². The van der Waals surface area contributed by atoms with Crippen LogP contribution in [-0.2, 0) is 26.2 Å². The van der Waals surface area contributed by atoms with Crippen molar-refractivity contribution in [2.24, 2.45) is 0 Å². The summed E-state index contributed by atoms with van der Waals surface area (Å²) in [5, 5.41) is 2.84. The smallest absolute Gasteiger partial charge is 0.304 e. The predicted octanol–water partition coefficient (Wildman–Crippen LogP) is 2.81. The Morgan fingerprint density at radius 3 is 2.14 bits per heavy atom. The predicted molar refractivity (Wildman–Crippen MR) is 136 cm³/mol. The van der Waals surface area contributed by atoms with Gasteiger partial charge in [0.1, 0.15) is 18.4 Å². The number of rotatable bonds is 12. The maximum Gasteiger partial charge on any atom is 0.304 e. The molecule has 0 unspecified atom stereocenters. The summed E-state index contributed by atoms with van der Waals surface area (Å²) in [6.07, 6.45) is 0.803. The number of amides is 2. The van der Waals surface area contributed by atoms with Gasteiger partial charge in [0.05, 0.1) is 5.69 Å². The van der Waals surface area contributed by atoms with E-state index in [0.717, 1.165) is 20.2 Å². The molecule has 8 nitrogen and oxygen atoms in total. The number of nitrogens with one attached hydrogen (secondary N) is 1. The summed E-state index contributed by atoms with van der Waals surface area (Å²) in [4.78, 5) is 28.0. The highest BCUT2D eigenvalue weighted by atomic mass is 32.2. The minimum absolute atomic E-state index is 0.133. The van der Waals surface area contributed by atoms with Crippen LogP contribution in [0.4, 0.5) is 10.1 Å². The lowest BCUT2D eigenvalue weighted by atomic mass is 10.1. The first-order valence-electron chi connectivity index (χ1n) is 11.6. The van der Waals surface area contributed by atoms with Gasteiger partial charge in [-0.05, 0) is 44.4 Å². The van der Waals surface area contributed by atoms with Crippen LogP contribution in [0.5, 0.6) is 0 Å². The summed E-state index contributed by atoms with van der Waals surface area (Å²) in [5.74, 6) is -1.69. The standard InChI is InChI=1S/C25H35FN4O4S/c1-6-22(25(32)27-19(2)3)29(17-16-20-12-8-7-9-13-20)24(31)18-30(35(33,34)28(4)5)23-15-11-10-14-21(23)26/h7-15,19,22H,6,16-18H2,1-5H3,(H,27,32)/t22-/m0/s1. The number of hydrogen-bond donors (Lipinski definition) is 1. The molecule has 10 heteroatoms. The molecule has 2 rings (SSSR count). The number of carbonyl (C=O) groups excluding carboxylic acids is 2. The molecule has 0 aromatic heterocycles. The number of para-hydroxylation sites is 1. The highest BCUT2D eigenvalue weighted by molar-refractivity contribution is 7.90. The topological polar surface area (TPSA) is 90.0 Å². The van der Waals surface area contributed by atoms with Gasteiger partial charge in [0, 0.05) is 26.7 Å². The second kappa shape index (κ2) is 12.6. The Morgan fingerprint density at radius 2 is 1.60 bits per heavy atom. The lowest BCUT2D eigenvalue weighted by Crippen LogP contribution is -2.55. The quantitative estimate of drug-likeness (QED) is 0.479. The Labute approximate surface area is 207 Å². The fourth-order valence-electron chi connectivity index (χ4n) is 3.63. The van der Waals surface area contributed by atoms with E-state index < -0.39 is 34.5 Å². The molecular formula is C25H35FN4O4S. The summed E-state index contributed by atoms with van der Waals surface area (Å²) in [6, 6.07) is 13.9. The Bertz CT molecular complexity index is 1090. The molecule has 0 spiro atoms. The Hall–Kier alpha value is -2.98. The third kappa shape index (κ3) is 7.50. The van der Waals surface area contributed by atoms with E-state index in [9.17, 15) is 22.4 Å². The molecule has 0 bridgehead atoms. The van der Waals surface area contributed by atoms with Crippen molar-refractivity contribution in [3.63, 3.8) is 0 Å². The molecule has 192 valence electrons. The molecule has 2 aromatic carbocycles. The number of benzene rings is 2. The third-order valence-electron chi connectivity index (χ3n) is 5.44. The van der Waals surface area contributed by atoms with Gasteiger partial charge in [0.15, 0.2) is 0 Å². The molecular weight excluding hydrogens is 471 g/mol. The molecule has 2 aromatic rings. The van der Waals surface area contributed by atoms with Gasteiger partial charge < -0.3 is 10.2 Å². The van der Waals surface area contributed by atoms with E-state index in [0.29, 0.717) is 12.8 Å². The van der Waals surface area contributed by atoms with Crippen molar-refractivity contribution in [2.75, 3.05) is 31.5 Å². The first-order chi connectivity index (χ1) is 16.5. The van der Waals surface area contributed by atoms with Crippen LogP contribution in [0.15, 0.2) is 54.6 Å². The fourth-order valence-corrected chi connectivity index (χ4v) is 4.70. The Morgan fingerprint density at radius 1 is 1.00 bits per heavy atom. The second-order valence-corrected chi connectivity index (χ2v) is 10.7. The normalized spacial score (nSPS) is 12.5. The molecule has 1 atom stereocenters. The largest absolute Gasteiger partial charge is 0.352 e. The van der Waals surface area contributed by atoms with Gasteiger partial charge in [-0.25, -0.2) is 8.70 Å². The van der Waals surface area contributed by atoms with Crippen LogP contribution in [0.3, 0.4) is 0 Å². The number of nitrogens with zero attached hydrogens (tertiary/aromatic N) is 3. The molecule has 1 N–H and O–H groups in total. The lowest BCUT2D eigenvalue weighted by Gasteiger charge is -2.34. The van der Waals surface area contributed by atoms with Crippen molar-refractivity contribution in [3.8, 4) is 0 Å². The maximum atomic E-state index is 14.6. The average molecular weight is 507 g/mol. The summed E-state index contributed by atoms with van der Waals surface area (Å²) < 4.78 is 42.4. The summed E-state index contributed by atoms with van der Waals surface area (Å²) >= 11 is 0. The van der Waals surface area contributed by atoms with Gasteiger partial charge in [0.2, 0.25) is 11.8 Å². The molecule has 0 saturated carbocycles. The van der Waals surface area contributed by atoms with Crippen LogP contribution >= 0.6 is 0 Å². The second-order valence-electron chi connectivity index (χ2n) is 8.66. The molecule has 0 fully saturated rings. The molecule has 0 saturated heterocycles. The van der Waals surface area contributed by atoms with E-state index in [1.165, 1.54) is 37.2 Å². The Balaban J connectivity index is 2.44. The SMILES string of the molecule is CC[C@@H](C(=O)NC(C)C)N(CCc1ccccc1)C(=O)CN(c1ccccc1F)S(=O)(=O)N(C)C. The van der Waals surface area contributed by atoms with Crippen molar-refractivity contribution in [3.05, 3.63) is 66.0 Å². The molecule has 0 aliphatic rings. The van der Waals surface area contributed by atoms with Crippen molar-refractivity contribution < 1.29 is 22.4 Å². The van der Waals surface area contributed by atoms with E-state index in [2.05, 4.69) is 5.32 Å². The van der Waals surface area contributed by atoms with Crippen molar-refractivity contribution in [1.29, 1.82) is 0 Å². The van der Waals surface area contributed by atoms with Crippen molar-refractivity contribution in [1.82, 2.24) is 14.5 Å². The van der Waals surface area contributed by atoms with E-state index in [1.807, 2.05) is 44.2 Å². The molecule has 2 amide bonds. The van der Waals surface area contributed by atoms with E-state index in [4.69, 9.17) is 0 Å². The summed E-state index contributed by atoms with van der Waals surface area (Å²) in [6.45, 7) is 4.98. The molecule has 35 heavy (non-hydrogen) atoms. The van der Waals surface area contributed by atoms with Gasteiger partial charge in [-0.1, -0.05) is 49.4 Å². The van der Waals surface area contributed by atoms with Crippen LogP contribution in [0.2, 0.25) is 0 Å². The molecule has 0 aliphatic heterocycles. The first kappa shape index (κ1) is 28.3. The number of hydrogen-bond acceptors (Lipinski definition) is 4. The summed E-state index contributed by atoms with van der Waals surface area (Å²) in [5.41, 5.74) is 0.730. The highest BCUT2D eigenvalue weighted by Crippen LogP contribution is 2.23. The van der Waals surface area contributed by atoms with E-state index in [-0.39, 0.29) is 24.2 Å². The minimum Gasteiger partial charge on any atom is -0.352 e. The number of halogens is 1. The molecule has 0 radical (unpaired) electrons. The molecule has 0 aliphatic carbocycles. The van der Waals surface area contributed by atoms with Crippen LogP contribution in [0, 0.1) is 5.82 Å². The zero-order valence-corrected chi connectivity index (χ0v) is 21.8. The average Bonchev–Trinajstić information content (AvgIpc) is 2.80. The van der Waals surface area contributed by atoms with Gasteiger partial charge >= 0.3 is 10.2 Å². The maximum absolute atomic E-state index is 14.6. The zero-order chi connectivity index (χ0) is 26.2. The number of carbonyl (C=O) groups is 2. The van der Waals surface area contributed by atoms with E-state index in [1.54, 1.807) is 6.92 Å². The van der Waals surface area contributed by atoms with Crippen LogP contribution < -0.4 is 9.62 Å². The minimum atomic E-state index is -4.20. The van der Waals surface area contributed by atoms with Gasteiger partial charge in [-0.15, -0.1) is 0 Å². The summed E-state index contributed by atoms with van der Waals surface area (Å²) in [7, 11) is -1.58. The zero-order valence-electron chi connectivity index (χ0n) is 20.9. The third-order valence-corrected chi connectivity index (χ3v) is 7.25. The van der Waals surface area contributed by atoms with Gasteiger partial charge in [-0.3, -0.25) is 9.59 Å². The molecule has 0 heterocycles. The number of anilines is 1.